The fourth-order valence-corrected chi connectivity index (χ4v) is 5.72. The molecule has 0 unspecified atom stereocenters. The lowest BCUT2D eigenvalue weighted by atomic mass is 9.76. The third-order valence-electron chi connectivity index (χ3n) is 6.99. The minimum Gasteiger partial charge on any atom is -0.356 e. The van der Waals surface area contributed by atoms with Crippen molar-refractivity contribution in [3.8, 4) is 0 Å². The van der Waals surface area contributed by atoms with Crippen LogP contribution < -0.4 is 0 Å². The maximum Gasteiger partial charge on any atom is 0.255 e. The molecule has 0 spiro atoms. The van der Waals surface area contributed by atoms with Gasteiger partial charge in [-0.2, -0.15) is 0 Å². The van der Waals surface area contributed by atoms with E-state index in [0.717, 1.165) is 36.0 Å². The summed E-state index contributed by atoms with van der Waals surface area (Å²) in [6.45, 7) is 1.27. The number of carbonyl (C=O) groups excluding carboxylic acids is 2. The Morgan fingerprint density at radius 3 is 2.66 bits per heavy atom. The summed E-state index contributed by atoms with van der Waals surface area (Å²) in [6.07, 6.45) is 2.96. The van der Waals surface area contributed by atoms with E-state index in [0.29, 0.717) is 19.5 Å². The molecule has 0 aliphatic carbocycles. The summed E-state index contributed by atoms with van der Waals surface area (Å²) in [4.78, 5) is 34.9. The number of hydrogen-bond donors (Lipinski definition) is 1. The maximum atomic E-state index is 14.1. The zero-order valence-electron chi connectivity index (χ0n) is 16.2. The summed E-state index contributed by atoms with van der Waals surface area (Å²) in [5.41, 5.74) is 3.23. The molecule has 6 rings (SSSR count). The summed E-state index contributed by atoms with van der Waals surface area (Å²) in [7, 11) is 0. The zero-order valence-corrected chi connectivity index (χ0v) is 16.2. The Morgan fingerprint density at radius 1 is 1.00 bits per heavy atom. The van der Waals surface area contributed by atoms with Crippen LogP contribution in [0.3, 0.4) is 0 Å². The van der Waals surface area contributed by atoms with Crippen molar-refractivity contribution in [1.82, 2.24) is 14.8 Å². The van der Waals surface area contributed by atoms with E-state index in [9.17, 15) is 9.59 Å². The van der Waals surface area contributed by atoms with Crippen molar-refractivity contribution in [2.75, 3.05) is 13.1 Å². The highest BCUT2D eigenvalue weighted by Crippen LogP contribution is 2.46. The van der Waals surface area contributed by atoms with E-state index in [-0.39, 0.29) is 17.9 Å². The predicted molar refractivity (Wildman–Crippen MR) is 110 cm³/mol. The number of H-pyrrole nitrogens is 1. The van der Waals surface area contributed by atoms with Crippen LogP contribution in [0.2, 0.25) is 0 Å². The highest BCUT2D eigenvalue weighted by Gasteiger charge is 2.60. The maximum absolute atomic E-state index is 14.1. The van der Waals surface area contributed by atoms with Crippen LogP contribution in [0.15, 0.2) is 54.6 Å². The average molecular weight is 385 g/mol. The van der Waals surface area contributed by atoms with E-state index in [1.54, 1.807) is 0 Å². The SMILES string of the molecule is O=C1[C@@H]2CCCN2C(=O)[C@]2(Cc3ccccc3)c3[nH]c4ccccc4c3CCN12. The molecule has 146 valence electrons. The molecule has 2 saturated heterocycles. The monoisotopic (exact) mass is 385 g/mol. The molecular formula is C24H23N3O2. The highest BCUT2D eigenvalue weighted by atomic mass is 16.2. The summed E-state index contributed by atoms with van der Waals surface area (Å²) in [6, 6.07) is 18.0. The number of hydrogen-bond acceptors (Lipinski definition) is 2. The highest BCUT2D eigenvalue weighted by molar-refractivity contribution is 6.03. The zero-order chi connectivity index (χ0) is 19.6. The number of amides is 2. The van der Waals surface area contributed by atoms with Gasteiger partial charge in [-0.15, -0.1) is 0 Å². The lowest BCUT2D eigenvalue weighted by Gasteiger charge is -2.52. The molecule has 5 heteroatoms. The molecule has 29 heavy (non-hydrogen) atoms. The normalized spacial score (nSPS) is 25.9. The van der Waals surface area contributed by atoms with Crippen LogP contribution >= 0.6 is 0 Å². The molecule has 2 aromatic carbocycles. The average Bonchev–Trinajstić information content (AvgIpc) is 3.38. The molecule has 0 radical (unpaired) electrons. The summed E-state index contributed by atoms with van der Waals surface area (Å²) >= 11 is 0. The second-order valence-electron chi connectivity index (χ2n) is 8.44. The molecule has 0 bridgehead atoms. The van der Waals surface area contributed by atoms with Gasteiger partial charge in [0, 0.05) is 30.4 Å². The van der Waals surface area contributed by atoms with Gasteiger partial charge in [-0.25, -0.2) is 0 Å². The van der Waals surface area contributed by atoms with Crippen molar-refractivity contribution in [2.24, 2.45) is 0 Å². The minimum absolute atomic E-state index is 0.0796. The topological polar surface area (TPSA) is 56.4 Å². The van der Waals surface area contributed by atoms with Crippen LogP contribution in [0.1, 0.15) is 29.7 Å². The molecule has 0 saturated carbocycles. The number of piperazine rings is 1. The number of fused-ring (bicyclic) bond motifs is 6. The van der Waals surface area contributed by atoms with Gasteiger partial charge >= 0.3 is 0 Å². The van der Waals surface area contributed by atoms with Gasteiger partial charge in [-0.1, -0.05) is 48.5 Å². The Bertz CT molecular complexity index is 1140. The van der Waals surface area contributed by atoms with Crippen LogP contribution in [0.25, 0.3) is 10.9 Å². The van der Waals surface area contributed by atoms with Crippen LogP contribution in [-0.2, 0) is 28.0 Å². The molecule has 2 fully saturated rings. The Balaban J connectivity index is 1.62. The van der Waals surface area contributed by atoms with Crippen LogP contribution in [-0.4, -0.2) is 45.7 Å². The molecular weight excluding hydrogens is 362 g/mol. The molecule has 2 atom stereocenters. The molecule has 5 nitrogen and oxygen atoms in total. The minimum atomic E-state index is -0.980. The lowest BCUT2D eigenvalue weighted by Crippen LogP contribution is -2.70. The third-order valence-corrected chi connectivity index (χ3v) is 6.99. The summed E-state index contributed by atoms with van der Waals surface area (Å²) < 4.78 is 0. The first-order valence-corrected chi connectivity index (χ1v) is 10.5. The van der Waals surface area contributed by atoms with Crippen molar-refractivity contribution in [2.45, 2.75) is 37.3 Å². The Hall–Kier alpha value is -3.08. The number of nitrogens with one attached hydrogen (secondary N) is 1. The summed E-state index contributed by atoms with van der Waals surface area (Å²) in [5, 5.41) is 1.17. The second kappa shape index (κ2) is 5.96. The Kier molecular flexibility index (Phi) is 3.46. The standard InChI is InChI=1S/C24H23N3O2/c28-22-20-11-6-13-26(20)23(29)24(15-16-7-2-1-3-8-16)21-18(12-14-27(22)24)17-9-4-5-10-19(17)25-21/h1-5,7-10,20,25H,6,11-15H2/t20-,24-/m0/s1. The molecule has 2 amide bonds. The number of aromatic amines is 1. The number of nitrogens with zero attached hydrogens (tertiary/aromatic N) is 2. The number of aromatic nitrogens is 1. The van der Waals surface area contributed by atoms with E-state index in [1.807, 2.05) is 40.1 Å². The quantitative estimate of drug-likeness (QED) is 0.737. The molecule has 3 aromatic rings. The first-order valence-electron chi connectivity index (χ1n) is 10.5. The predicted octanol–water partition coefficient (Wildman–Crippen LogP) is 3.00. The first-order chi connectivity index (χ1) is 14.2. The van der Waals surface area contributed by atoms with Crippen LogP contribution in [0.4, 0.5) is 0 Å². The van der Waals surface area contributed by atoms with Crippen molar-refractivity contribution in [3.05, 3.63) is 71.4 Å². The van der Waals surface area contributed by atoms with Crippen molar-refractivity contribution < 1.29 is 9.59 Å². The smallest absolute Gasteiger partial charge is 0.255 e. The van der Waals surface area contributed by atoms with Crippen LogP contribution in [0.5, 0.6) is 0 Å². The number of carbonyl (C=O) groups is 2. The van der Waals surface area contributed by atoms with Crippen LogP contribution in [0, 0.1) is 0 Å². The fraction of sp³-hybridized carbons (Fsp3) is 0.333. The lowest BCUT2D eigenvalue weighted by molar-refractivity contribution is -0.171. The fourth-order valence-electron chi connectivity index (χ4n) is 5.72. The number of para-hydroxylation sites is 1. The van der Waals surface area contributed by atoms with Crippen molar-refractivity contribution in [1.29, 1.82) is 0 Å². The van der Waals surface area contributed by atoms with E-state index in [4.69, 9.17) is 0 Å². The van der Waals surface area contributed by atoms with E-state index >= 15 is 0 Å². The van der Waals surface area contributed by atoms with Gasteiger partial charge in [0.05, 0.1) is 5.69 Å². The summed E-state index contributed by atoms with van der Waals surface area (Å²) in [5.74, 6) is 0.193. The first kappa shape index (κ1) is 16.8. The van der Waals surface area contributed by atoms with Gasteiger partial charge in [0.25, 0.3) is 5.91 Å². The van der Waals surface area contributed by atoms with Gasteiger partial charge in [-0.05, 0) is 36.5 Å². The van der Waals surface area contributed by atoms with Gasteiger partial charge in [-0.3, -0.25) is 9.59 Å². The van der Waals surface area contributed by atoms with Crippen molar-refractivity contribution >= 4 is 22.7 Å². The molecule has 3 aliphatic rings. The molecule has 1 aromatic heterocycles. The van der Waals surface area contributed by atoms with Gasteiger partial charge in [0.1, 0.15) is 6.04 Å². The number of rotatable bonds is 2. The third kappa shape index (κ3) is 2.16. The van der Waals surface area contributed by atoms with E-state index in [2.05, 4.69) is 29.2 Å². The van der Waals surface area contributed by atoms with Gasteiger partial charge in [0.2, 0.25) is 5.91 Å². The number of benzene rings is 2. The van der Waals surface area contributed by atoms with Crippen molar-refractivity contribution in [3.63, 3.8) is 0 Å². The van der Waals surface area contributed by atoms with Gasteiger partial charge < -0.3 is 14.8 Å². The second-order valence-corrected chi connectivity index (χ2v) is 8.44. The largest absolute Gasteiger partial charge is 0.356 e. The molecule has 3 aliphatic heterocycles. The Labute approximate surface area is 169 Å². The van der Waals surface area contributed by atoms with E-state index < -0.39 is 5.54 Å². The van der Waals surface area contributed by atoms with Gasteiger partial charge in [0.15, 0.2) is 5.54 Å². The molecule has 4 heterocycles. The van der Waals surface area contributed by atoms with E-state index in [1.165, 1.54) is 10.9 Å². The molecule has 1 N–H and O–H groups in total. The Morgan fingerprint density at radius 2 is 1.79 bits per heavy atom.